The van der Waals surface area contributed by atoms with Gasteiger partial charge in [0.1, 0.15) is 5.75 Å². The van der Waals surface area contributed by atoms with Gasteiger partial charge in [-0.15, -0.1) is 0 Å². The Morgan fingerprint density at radius 2 is 1.85 bits per heavy atom. The molecule has 1 atom stereocenters. The van der Waals surface area contributed by atoms with E-state index in [-0.39, 0.29) is 5.91 Å². The van der Waals surface area contributed by atoms with Crippen LogP contribution < -0.4 is 4.74 Å². The van der Waals surface area contributed by atoms with Gasteiger partial charge in [-0.2, -0.15) is 0 Å². The molecule has 0 bridgehead atoms. The second-order valence-electron chi connectivity index (χ2n) is 4.64. The molecule has 1 aromatic carbocycles. The summed E-state index contributed by atoms with van der Waals surface area (Å²) in [6.45, 7) is 1.91. The first kappa shape index (κ1) is 14.3. The molecule has 2 rings (SSSR count). The van der Waals surface area contributed by atoms with Crippen molar-refractivity contribution >= 4 is 12.3 Å². The van der Waals surface area contributed by atoms with E-state index in [2.05, 4.69) is 0 Å². The van der Waals surface area contributed by atoms with Crippen LogP contribution in [0.2, 0.25) is 0 Å². The van der Waals surface area contributed by atoms with E-state index in [1.165, 1.54) is 0 Å². The summed E-state index contributed by atoms with van der Waals surface area (Å²) in [6, 6.07) is 6.75. The van der Waals surface area contributed by atoms with E-state index in [1.54, 1.807) is 41.2 Å². The van der Waals surface area contributed by atoms with Gasteiger partial charge in [0, 0.05) is 26.2 Å². The van der Waals surface area contributed by atoms with Crippen LogP contribution in [0.25, 0.3) is 0 Å². The summed E-state index contributed by atoms with van der Waals surface area (Å²) in [7, 11) is 1.56. The number of aliphatic hydroxyl groups excluding tert-OH is 1. The lowest BCUT2D eigenvalue weighted by Crippen LogP contribution is -2.49. The molecule has 1 heterocycles. The molecule has 1 aromatic rings. The predicted molar refractivity (Wildman–Crippen MR) is 72.2 cm³/mol. The van der Waals surface area contributed by atoms with E-state index in [4.69, 9.17) is 4.74 Å². The molecule has 0 radical (unpaired) electrons. The second kappa shape index (κ2) is 6.38. The van der Waals surface area contributed by atoms with Gasteiger partial charge in [0.05, 0.1) is 7.11 Å². The lowest BCUT2D eigenvalue weighted by Gasteiger charge is -2.33. The van der Waals surface area contributed by atoms with Crippen molar-refractivity contribution in [1.29, 1.82) is 0 Å². The van der Waals surface area contributed by atoms with Crippen LogP contribution in [0.3, 0.4) is 0 Å². The maximum atomic E-state index is 12.2. The van der Waals surface area contributed by atoms with Crippen molar-refractivity contribution in [3.05, 3.63) is 29.8 Å². The van der Waals surface area contributed by atoms with Crippen LogP contribution >= 0.6 is 0 Å². The first-order valence-electron chi connectivity index (χ1n) is 6.46. The van der Waals surface area contributed by atoms with Gasteiger partial charge in [0.25, 0.3) is 5.91 Å². The zero-order chi connectivity index (χ0) is 14.5. The van der Waals surface area contributed by atoms with Crippen molar-refractivity contribution in [3.63, 3.8) is 0 Å². The molecule has 1 N–H and O–H groups in total. The number of benzene rings is 1. The minimum Gasteiger partial charge on any atom is -0.497 e. The second-order valence-corrected chi connectivity index (χ2v) is 4.64. The number of piperazine rings is 1. The Morgan fingerprint density at radius 1 is 1.25 bits per heavy atom. The number of hydrogen-bond acceptors (Lipinski definition) is 4. The molecule has 6 heteroatoms. The largest absolute Gasteiger partial charge is 0.497 e. The summed E-state index contributed by atoms with van der Waals surface area (Å²) in [6.07, 6.45) is -0.398. The summed E-state index contributed by atoms with van der Waals surface area (Å²) in [5.74, 6) is 0.341. The highest BCUT2D eigenvalue weighted by Gasteiger charge is 2.26. The molecule has 1 aliphatic rings. The van der Waals surface area contributed by atoms with E-state index >= 15 is 0 Å². The number of amides is 2. The Labute approximate surface area is 117 Å². The third-order valence-corrected chi connectivity index (χ3v) is 3.44. The SMILES string of the molecule is COc1ccc(C(O)C(=O)N2CCN(C=O)CC2)cc1. The Bertz CT molecular complexity index is 467. The van der Waals surface area contributed by atoms with Crippen LogP contribution in [0.15, 0.2) is 24.3 Å². The van der Waals surface area contributed by atoms with Crippen LogP contribution in [-0.2, 0) is 9.59 Å². The number of nitrogens with zero attached hydrogens (tertiary/aromatic N) is 2. The van der Waals surface area contributed by atoms with E-state index < -0.39 is 6.10 Å². The predicted octanol–water partition coefficient (Wildman–Crippen LogP) is 0.0292. The fourth-order valence-electron chi connectivity index (χ4n) is 2.15. The van der Waals surface area contributed by atoms with Crippen LogP contribution in [0.4, 0.5) is 0 Å². The van der Waals surface area contributed by atoms with Crippen molar-refractivity contribution in [2.24, 2.45) is 0 Å². The highest BCUT2D eigenvalue weighted by molar-refractivity contribution is 5.82. The van der Waals surface area contributed by atoms with Gasteiger partial charge >= 0.3 is 0 Å². The molecule has 0 aliphatic carbocycles. The minimum absolute atomic E-state index is 0.333. The average molecular weight is 278 g/mol. The zero-order valence-corrected chi connectivity index (χ0v) is 11.4. The molecule has 20 heavy (non-hydrogen) atoms. The van der Waals surface area contributed by atoms with Gasteiger partial charge < -0.3 is 19.6 Å². The van der Waals surface area contributed by atoms with Gasteiger partial charge in [0.2, 0.25) is 6.41 Å². The number of ether oxygens (including phenoxy) is 1. The Kier molecular flexibility index (Phi) is 4.57. The summed E-state index contributed by atoms with van der Waals surface area (Å²) >= 11 is 0. The van der Waals surface area contributed by atoms with Crippen molar-refractivity contribution in [1.82, 2.24) is 9.80 Å². The summed E-state index contributed by atoms with van der Waals surface area (Å²) in [4.78, 5) is 26.0. The lowest BCUT2D eigenvalue weighted by atomic mass is 10.1. The summed E-state index contributed by atoms with van der Waals surface area (Å²) in [5, 5.41) is 10.1. The molecule has 0 aromatic heterocycles. The topological polar surface area (TPSA) is 70.1 Å². The highest BCUT2D eigenvalue weighted by atomic mass is 16.5. The molecule has 0 spiro atoms. The van der Waals surface area contributed by atoms with Gasteiger partial charge in [-0.05, 0) is 17.7 Å². The van der Waals surface area contributed by atoms with Crippen LogP contribution in [0, 0.1) is 0 Å². The number of methoxy groups -OCH3 is 1. The van der Waals surface area contributed by atoms with E-state index in [1.807, 2.05) is 0 Å². The monoisotopic (exact) mass is 278 g/mol. The Balaban J connectivity index is 1.99. The number of carbonyl (C=O) groups is 2. The van der Waals surface area contributed by atoms with Crippen molar-refractivity contribution in [2.75, 3.05) is 33.3 Å². The lowest BCUT2D eigenvalue weighted by molar-refractivity contribution is -0.143. The normalized spacial score (nSPS) is 16.7. The highest BCUT2D eigenvalue weighted by Crippen LogP contribution is 2.20. The molecular formula is C14H18N2O4. The third kappa shape index (κ3) is 3.08. The molecule has 0 saturated carbocycles. The zero-order valence-electron chi connectivity index (χ0n) is 11.4. The first-order chi connectivity index (χ1) is 9.65. The summed E-state index contributed by atoms with van der Waals surface area (Å²) in [5.41, 5.74) is 0.536. The van der Waals surface area contributed by atoms with Gasteiger partial charge in [0.15, 0.2) is 6.10 Å². The molecule has 2 amide bonds. The maximum absolute atomic E-state index is 12.2. The standard InChI is InChI=1S/C14H18N2O4/c1-20-12-4-2-11(3-5-12)13(18)14(19)16-8-6-15(10-17)7-9-16/h2-5,10,13,18H,6-9H2,1H3. The van der Waals surface area contributed by atoms with Gasteiger partial charge in [-0.1, -0.05) is 12.1 Å². The smallest absolute Gasteiger partial charge is 0.256 e. The van der Waals surface area contributed by atoms with Crippen molar-refractivity contribution in [2.45, 2.75) is 6.10 Å². The molecule has 1 fully saturated rings. The number of hydrogen-bond donors (Lipinski definition) is 1. The molecule has 6 nitrogen and oxygen atoms in total. The Hall–Kier alpha value is -2.08. The summed E-state index contributed by atoms with van der Waals surface area (Å²) < 4.78 is 5.03. The van der Waals surface area contributed by atoms with Crippen LogP contribution in [0.1, 0.15) is 11.7 Å². The van der Waals surface area contributed by atoms with Crippen LogP contribution in [-0.4, -0.2) is 60.5 Å². The fourth-order valence-corrected chi connectivity index (χ4v) is 2.15. The van der Waals surface area contributed by atoms with E-state index in [9.17, 15) is 14.7 Å². The first-order valence-corrected chi connectivity index (χ1v) is 6.46. The van der Waals surface area contributed by atoms with Gasteiger partial charge in [-0.25, -0.2) is 0 Å². The molecule has 1 aliphatic heterocycles. The Morgan fingerprint density at radius 3 is 2.35 bits per heavy atom. The van der Waals surface area contributed by atoms with Crippen LogP contribution in [0.5, 0.6) is 5.75 Å². The average Bonchev–Trinajstić information content (AvgIpc) is 2.53. The number of aliphatic hydroxyl groups is 1. The molecule has 1 saturated heterocycles. The van der Waals surface area contributed by atoms with Gasteiger partial charge in [-0.3, -0.25) is 9.59 Å². The van der Waals surface area contributed by atoms with E-state index in [0.29, 0.717) is 37.5 Å². The fraction of sp³-hybridized carbons (Fsp3) is 0.429. The number of carbonyl (C=O) groups excluding carboxylic acids is 2. The minimum atomic E-state index is -1.18. The quantitative estimate of drug-likeness (QED) is 0.789. The molecule has 1 unspecified atom stereocenters. The van der Waals surface area contributed by atoms with Crippen molar-refractivity contribution < 1.29 is 19.4 Å². The maximum Gasteiger partial charge on any atom is 0.256 e. The third-order valence-electron chi connectivity index (χ3n) is 3.44. The number of rotatable bonds is 4. The molecule has 108 valence electrons. The molecular weight excluding hydrogens is 260 g/mol. The van der Waals surface area contributed by atoms with E-state index in [0.717, 1.165) is 6.41 Å². The van der Waals surface area contributed by atoms with Crippen molar-refractivity contribution in [3.8, 4) is 5.75 Å².